The van der Waals surface area contributed by atoms with Crippen molar-refractivity contribution in [3.8, 4) is 11.1 Å². The van der Waals surface area contributed by atoms with Gasteiger partial charge < -0.3 is 9.80 Å². The van der Waals surface area contributed by atoms with Crippen LogP contribution in [0, 0.1) is 6.92 Å². The van der Waals surface area contributed by atoms with Gasteiger partial charge in [0.2, 0.25) is 0 Å². The number of allylic oxidation sites excluding steroid dienone is 1. The van der Waals surface area contributed by atoms with E-state index in [1.165, 1.54) is 27.9 Å². The SMILES string of the molecule is C=C(C)N(c1ccc2c(-c3ccc4c(c3)c3cccc5c6ccccc6c(=O)n4c53)cccc2c1)c1ccccc1C.CN(c1ccccc1)c1ccccc1. The summed E-state index contributed by atoms with van der Waals surface area (Å²) in [5.74, 6) is 0. The van der Waals surface area contributed by atoms with Crippen molar-refractivity contribution >= 4 is 71.5 Å². The number of fused-ring (bicyclic) bond motifs is 6. The predicted molar refractivity (Wildman–Crippen MR) is 239 cm³/mol. The Morgan fingerprint density at radius 3 is 1.84 bits per heavy atom. The molecule has 4 heteroatoms. The summed E-state index contributed by atoms with van der Waals surface area (Å²) in [7, 11) is 2.07. The van der Waals surface area contributed by atoms with E-state index in [4.69, 9.17) is 0 Å². The zero-order valence-electron chi connectivity index (χ0n) is 31.8. The maximum absolute atomic E-state index is 13.7. The lowest BCUT2D eigenvalue weighted by Gasteiger charge is -2.27. The Bertz CT molecular complexity index is 3070. The number of para-hydroxylation sites is 4. The summed E-state index contributed by atoms with van der Waals surface area (Å²) in [6.07, 6.45) is 0. The maximum atomic E-state index is 13.7. The fraction of sp³-hybridized carbons (Fsp3) is 0.0577. The molecule has 0 amide bonds. The number of rotatable bonds is 6. The van der Waals surface area contributed by atoms with E-state index in [1.807, 2.05) is 47.7 Å². The van der Waals surface area contributed by atoms with Gasteiger partial charge in [0.1, 0.15) is 0 Å². The Labute approximate surface area is 326 Å². The molecule has 2 aromatic heterocycles. The van der Waals surface area contributed by atoms with Crippen molar-refractivity contribution in [2.24, 2.45) is 0 Å². The number of aryl methyl sites for hydroxylation is 1. The number of hydrogen-bond acceptors (Lipinski definition) is 3. The Balaban J connectivity index is 0.000000247. The fourth-order valence-corrected chi connectivity index (χ4v) is 8.18. The standard InChI is InChI=1S/C39H28N2O.C13H13N/c1-24(2)40(36-17-7-4-10-25(36)3)28-19-20-30-26(22-28)11-8-14-29(30)27-18-21-37-35(23-27)33-16-9-15-32-31-12-5-6-13-34(31)39(42)41(37)38(32)33;1-14(12-8-4-2-5-9-12)13-10-6-3-7-11-13/h4-23H,1H2,2-3H3;2-11H,1H3. The molecule has 0 unspecified atom stereocenters. The van der Waals surface area contributed by atoms with E-state index < -0.39 is 0 Å². The summed E-state index contributed by atoms with van der Waals surface area (Å²) in [5.41, 5.74) is 11.1. The second-order valence-electron chi connectivity index (χ2n) is 14.4. The Kier molecular flexibility index (Phi) is 8.79. The van der Waals surface area contributed by atoms with Gasteiger partial charge in [-0.3, -0.25) is 9.20 Å². The Hall–Kier alpha value is -7.17. The molecule has 10 aromatic rings. The highest BCUT2D eigenvalue weighted by Crippen LogP contribution is 2.39. The highest BCUT2D eigenvalue weighted by molar-refractivity contribution is 6.20. The van der Waals surface area contributed by atoms with Gasteiger partial charge in [0.25, 0.3) is 5.56 Å². The second kappa shape index (κ2) is 14.2. The first-order valence-corrected chi connectivity index (χ1v) is 19.0. The second-order valence-corrected chi connectivity index (χ2v) is 14.4. The van der Waals surface area contributed by atoms with Gasteiger partial charge in [-0.05, 0) is 107 Å². The van der Waals surface area contributed by atoms with Gasteiger partial charge in [-0.15, -0.1) is 0 Å². The zero-order valence-corrected chi connectivity index (χ0v) is 31.8. The summed E-state index contributed by atoms with van der Waals surface area (Å²) in [4.78, 5) is 18.1. The molecule has 0 bridgehead atoms. The lowest BCUT2D eigenvalue weighted by molar-refractivity contribution is 1.15. The predicted octanol–water partition coefficient (Wildman–Crippen LogP) is 13.5. The summed E-state index contributed by atoms with van der Waals surface area (Å²) in [6, 6.07) is 63.0. The van der Waals surface area contributed by atoms with Crippen molar-refractivity contribution in [1.82, 2.24) is 4.40 Å². The minimum Gasteiger partial charge on any atom is -0.345 e. The molecule has 8 aromatic carbocycles. The number of pyridine rings is 1. The van der Waals surface area contributed by atoms with E-state index in [0.717, 1.165) is 66.0 Å². The van der Waals surface area contributed by atoms with Gasteiger partial charge in [0.15, 0.2) is 0 Å². The van der Waals surface area contributed by atoms with Crippen LogP contribution in [0.25, 0.3) is 59.9 Å². The molecule has 0 spiro atoms. The number of nitrogens with zero attached hydrogens (tertiary/aromatic N) is 3. The molecule has 0 aliphatic rings. The van der Waals surface area contributed by atoms with E-state index in [9.17, 15) is 4.79 Å². The summed E-state index contributed by atoms with van der Waals surface area (Å²) >= 11 is 0. The normalized spacial score (nSPS) is 11.3. The first-order valence-electron chi connectivity index (χ1n) is 19.0. The monoisotopic (exact) mass is 723 g/mol. The summed E-state index contributed by atoms with van der Waals surface area (Å²) < 4.78 is 1.90. The van der Waals surface area contributed by atoms with Crippen LogP contribution in [0.3, 0.4) is 0 Å². The number of anilines is 4. The van der Waals surface area contributed by atoms with E-state index in [0.29, 0.717) is 0 Å². The first kappa shape index (κ1) is 34.6. The molecule has 0 saturated heterocycles. The number of hydrogen-bond donors (Lipinski definition) is 0. The number of aromatic nitrogens is 1. The third kappa shape index (κ3) is 5.93. The third-order valence-electron chi connectivity index (χ3n) is 10.9. The van der Waals surface area contributed by atoms with E-state index in [-0.39, 0.29) is 5.56 Å². The van der Waals surface area contributed by atoms with Crippen LogP contribution in [-0.4, -0.2) is 11.4 Å². The quantitative estimate of drug-likeness (QED) is 0.160. The summed E-state index contributed by atoms with van der Waals surface area (Å²) in [6.45, 7) is 8.47. The van der Waals surface area contributed by atoms with Crippen molar-refractivity contribution in [3.05, 3.63) is 210 Å². The minimum absolute atomic E-state index is 0.0328. The lowest BCUT2D eigenvalue weighted by atomic mass is 9.96. The van der Waals surface area contributed by atoms with Crippen LogP contribution in [0.5, 0.6) is 0 Å². The summed E-state index contributed by atoms with van der Waals surface area (Å²) in [5, 5.41) is 7.40. The van der Waals surface area contributed by atoms with Crippen LogP contribution in [0.1, 0.15) is 12.5 Å². The molecular weight excluding hydrogens is 683 g/mol. The topological polar surface area (TPSA) is 28.0 Å². The van der Waals surface area contributed by atoms with Crippen LogP contribution in [0.4, 0.5) is 22.7 Å². The van der Waals surface area contributed by atoms with Gasteiger partial charge in [-0.1, -0.05) is 128 Å². The van der Waals surface area contributed by atoms with Crippen LogP contribution in [0.2, 0.25) is 0 Å². The van der Waals surface area contributed by atoms with Crippen molar-refractivity contribution in [2.75, 3.05) is 16.8 Å². The fourth-order valence-electron chi connectivity index (χ4n) is 8.18. The van der Waals surface area contributed by atoms with E-state index in [1.54, 1.807) is 0 Å². The molecular formula is C52H41N3O. The molecule has 0 radical (unpaired) electrons. The van der Waals surface area contributed by atoms with Crippen LogP contribution >= 0.6 is 0 Å². The molecule has 0 saturated carbocycles. The van der Waals surface area contributed by atoms with Gasteiger partial charge in [0, 0.05) is 57.0 Å². The van der Waals surface area contributed by atoms with Gasteiger partial charge in [-0.25, -0.2) is 0 Å². The molecule has 0 atom stereocenters. The van der Waals surface area contributed by atoms with E-state index >= 15 is 0 Å². The van der Waals surface area contributed by atoms with Crippen molar-refractivity contribution in [3.63, 3.8) is 0 Å². The minimum atomic E-state index is 0.0328. The molecule has 0 N–H and O–H groups in total. The maximum Gasteiger partial charge on any atom is 0.263 e. The molecule has 0 aliphatic carbocycles. The molecule has 0 aliphatic heterocycles. The van der Waals surface area contributed by atoms with Gasteiger partial charge in [0.05, 0.1) is 11.0 Å². The first-order chi connectivity index (χ1) is 27.4. The average Bonchev–Trinajstić information content (AvgIpc) is 3.58. The van der Waals surface area contributed by atoms with Crippen LogP contribution in [0.15, 0.2) is 199 Å². The third-order valence-corrected chi connectivity index (χ3v) is 10.9. The highest BCUT2D eigenvalue weighted by Gasteiger charge is 2.18. The van der Waals surface area contributed by atoms with Crippen LogP contribution in [-0.2, 0) is 0 Å². The molecule has 0 fully saturated rings. The van der Waals surface area contributed by atoms with Gasteiger partial charge in [-0.2, -0.15) is 0 Å². The zero-order chi connectivity index (χ0) is 38.3. The van der Waals surface area contributed by atoms with Crippen molar-refractivity contribution in [2.45, 2.75) is 13.8 Å². The molecule has 56 heavy (non-hydrogen) atoms. The Morgan fingerprint density at radius 2 is 1.14 bits per heavy atom. The van der Waals surface area contributed by atoms with Gasteiger partial charge >= 0.3 is 0 Å². The molecule has 10 rings (SSSR count). The average molecular weight is 724 g/mol. The van der Waals surface area contributed by atoms with Crippen LogP contribution < -0.4 is 15.4 Å². The highest BCUT2D eigenvalue weighted by atomic mass is 16.1. The molecule has 2 heterocycles. The smallest absolute Gasteiger partial charge is 0.263 e. The molecule has 4 nitrogen and oxygen atoms in total. The van der Waals surface area contributed by atoms with E-state index in [2.05, 4.69) is 176 Å². The Morgan fingerprint density at radius 1 is 0.536 bits per heavy atom. The largest absolute Gasteiger partial charge is 0.345 e. The lowest BCUT2D eigenvalue weighted by Crippen LogP contribution is -2.14. The van der Waals surface area contributed by atoms with Crippen molar-refractivity contribution < 1.29 is 0 Å². The molecule has 270 valence electrons. The number of benzene rings is 8. The van der Waals surface area contributed by atoms with Crippen molar-refractivity contribution in [1.29, 1.82) is 0 Å².